The van der Waals surface area contributed by atoms with Gasteiger partial charge in [-0.2, -0.15) is 0 Å². The van der Waals surface area contributed by atoms with Crippen molar-refractivity contribution in [2.24, 2.45) is 0 Å². The molecule has 0 radical (unpaired) electrons. The maximum Gasteiger partial charge on any atom is 0.347 e. The molecule has 0 bridgehead atoms. The molecule has 0 aliphatic heterocycles. The number of aryl methyl sites for hydroxylation is 1. The van der Waals surface area contributed by atoms with Crippen LogP contribution in [0.5, 0.6) is 0 Å². The van der Waals surface area contributed by atoms with Crippen LogP contribution in [0.2, 0.25) is 10.3 Å². The summed E-state index contributed by atoms with van der Waals surface area (Å²) in [6, 6.07) is 2.77. The molecule has 21 heavy (non-hydrogen) atoms. The van der Waals surface area contributed by atoms with E-state index in [0.29, 0.717) is 10.7 Å². The number of carboxylic acids is 1. The molecule has 0 unspecified atom stereocenters. The van der Waals surface area contributed by atoms with Gasteiger partial charge in [0.25, 0.3) is 5.91 Å². The van der Waals surface area contributed by atoms with Crippen molar-refractivity contribution in [3.63, 3.8) is 0 Å². The number of nitrogens with zero attached hydrogens (tertiary/aromatic N) is 2. The van der Waals surface area contributed by atoms with Gasteiger partial charge in [0.05, 0.1) is 12.2 Å². The zero-order chi connectivity index (χ0) is 15.6. The molecular formula is C12H9Cl2N3O3S. The number of rotatable bonds is 4. The number of aromatic nitrogens is 2. The molecule has 2 aromatic rings. The smallest absolute Gasteiger partial charge is 0.347 e. The SMILES string of the molecule is Cc1nc(CNC(=O)c2cc(Cl)nc(Cl)c2)sc1C(=O)O. The van der Waals surface area contributed by atoms with Crippen molar-refractivity contribution in [1.82, 2.24) is 15.3 Å². The number of halogens is 2. The van der Waals surface area contributed by atoms with E-state index in [9.17, 15) is 9.59 Å². The molecule has 0 aromatic carbocycles. The highest BCUT2D eigenvalue weighted by atomic mass is 35.5. The predicted molar refractivity (Wildman–Crippen MR) is 79.2 cm³/mol. The van der Waals surface area contributed by atoms with Crippen LogP contribution in [0.4, 0.5) is 0 Å². The molecule has 2 rings (SSSR count). The number of amides is 1. The largest absolute Gasteiger partial charge is 0.477 e. The molecule has 0 fully saturated rings. The van der Waals surface area contributed by atoms with Gasteiger partial charge in [-0.15, -0.1) is 11.3 Å². The molecule has 0 spiro atoms. The summed E-state index contributed by atoms with van der Waals surface area (Å²) in [6.45, 7) is 1.73. The van der Waals surface area contributed by atoms with E-state index in [0.717, 1.165) is 11.3 Å². The third kappa shape index (κ3) is 3.90. The standard InChI is InChI=1S/C12H9Cl2N3O3S/c1-5-10(12(19)20)21-9(16-5)4-15-11(18)6-2-7(13)17-8(14)3-6/h2-3H,4H2,1H3,(H,15,18)(H,19,20). The lowest BCUT2D eigenvalue weighted by atomic mass is 10.2. The molecule has 1 amide bonds. The van der Waals surface area contributed by atoms with Crippen molar-refractivity contribution in [2.45, 2.75) is 13.5 Å². The Hall–Kier alpha value is -1.70. The van der Waals surface area contributed by atoms with Gasteiger partial charge in [0.2, 0.25) is 0 Å². The maximum atomic E-state index is 12.0. The molecule has 0 saturated carbocycles. The van der Waals surface area contributed by atoms with Crippen LogP contribution in [0.15, 0.2) is 12.1 Å². The quantitative estimate of drug-likeness (QED) is 0.831. The lowest BCUT2D eigenvalue weighted by Gasteiger charge is -2.03. The van der Waals surface area contributed by atoms with E-state index < -0.39 is 11.9 Å². The summed E-state index contributed by atoms with van der Waals surface area (Å²) in [6.07, 6.45) is 0. The first-order valence-corrected chi connectivity index (χ1v) is 7.25. The summed E-state index contributed by atoms with van der Waals surface area (Å²) in [7, 11) is 0. The lowest BCUT2D eigenvalue weighted by Crippen LogP contribution is -2.22. The van der Waals surface area contributed by atoms with Crippen molar-refractivity contribution in [3.8, 4) is 0 Å². The third-order valence-corrected chi connectivity index (χ3v) is 3.99. The van der Waals surface area contributed by atoms with Gasteiger partial charge in [0, 0.05) is 5.56 Å². The number of aromatic carboxylic acids is 1. The highest BCUT2D eigenvalue weighted by Crippen LogP contribution is 2.18. The Kier molecular flexibility index (Phi) is 4.76. The van der Waals surface area contributed by atoms with Gasteiger partial charge in [-0.1, -0.05) is 23.2 Å². The van der Waals surface area contributed by atoms with Crippen molar-refractivity contribution >= 4 is 46.4 Å². The second kappa shape index (κ2) is 6.38. The number of thiazole rings is 1. The molecular weight excluding hydrogens is 337 g/mol. The van der Waals surface area contributed by atoms with Gasteiger partial charge in [-0.25, -0.2) is 14.8 Å². The number of carboxylic acid groups (broad SMARTS) is 1. The van der Waals surface area contributed by atoms with E-state index in [1.165, 1.54) is 12.1 Å². The average Bonchev–Trinajstić information content (AvgIpc) is 2.76. The van der Waals surface area contributed by atoms with Gasteiger partial charge >= 0.3 is 5.97 Å². The number of hydrogen-bond donors (Lipinski definition) is 2. The predicted octanol–water partition coefficient (Wildman–Crippen LogP) is 2.78. The maximum absolute atomic E-state index is 12.0. The van der Waals surface area contributed by atoms with Gasteiger partial charge in [0.15, 0.2) is 0 Å². The fourth-order valence-electron chi connectivity index (χ4n) is 1.58. The Balaban J connectivity index is 2.07. The molecule has 110 valence electrons. The third-order valence-electron chi connectivity index (χ3n) is 2.46. The molecule has 2 aromatic heterocycles. The molecule has 0 aliphatic carbocycles. The molecule has 2 heterocycles. The van der Waals surface area contributed by atoms with Crippen LogP contribution < -0.4 is 5.32 Å². The Morgan fingerprint density at radius 2 is 1.90 bits per heavy atom. The first-order valence-electron chi connectivity index (χ1n) is 5.67. The van der Waals surface area contributed by atoms with Crippen LogP contribution in [0, 0.1) is 6.92 Å². The highest BCUT2D eigenvalue weighted by molar-refractivity contribution is 7.13. The van der Waals surface area contributed by atoms with Crippen LogP contribution in [-0.4, -0.2) is 27.0 Å². The fourth-order valence-corrected chi connectivity index (χ4v) is 2.88. The number of hydrogen-bond acceptors (Lipinski definition) is 5. The van der Waals surface area contributed by atoms with E-state index in [-0.39, 0.29) is 27.3 Å². The zero-order valence-electron chi connectivity index (χ0n) is 10.7. The topological polar surface area (TPSA) is 92.2 Å². The summed E-state index contributed by atoms with van der Waals surface area (Å²) in [5.74, 6) is -1.43. The van der Waals surface area contributed by atoms with E-state index >= 15 is 0 Å². The van der Waals surface area contributed by atoms with E-state index in [1.807, 2.05) is 0 Å². The number of nitrogens with one attached hydrogen (secondary N) is 1. The van der Waals surface area contributed by atoms with Crippen LogP contribution in [0.25, 0.3) is 0 Å². The monoisotopic (exact) mass is 345 g/mol. The lowest BCUT2D eigenvalue weighted by molar-refractivity contribution is 0.0701. The summed E-state index contributed by atoms with van der Waals surface area (Å²) >= 11 is 12.5. The van der Waals surface area contributed by atoms with Crippen molar-refractivity contribution in [3.05, 3.63) is 43.6 Å². The van der Waals surface area contributed by atoms with Crippen LogP contribution >= 0.6 is 34.5 Å². The molecule has 2 N–H and O–H groups in total. The minimum atomic E-state index is -1.03. The van der Waals surface area contributed by atoms with Crippen LogP contribution in [-0.2, 0) is 6.54 Å². The fraction of sp³-hybridized carbons (Fsp3) is 0.167. The highest BCUT2D eigenvalue weighted by Gasteiger charge is 2.15. The van der Waals surface area contributed by atoms with Crippen LogP contribution in [0.1, 0.15) is 30.7 Å². The van der Waals surface area contributed by atoms with Crippen LogP contribution in [0.3, 0.4) is 0 Å². The minimum Gasteiger partial charge on any atom is -0.477 e. The number of pyridine rings is 1. The minimum absolute atomic E-state index is 0.117. The molecule has 0 saturated heterocycles. The number of carbonyl (C=O) groups is 2. The normalized spacial score (nSPS) is 10.4. The Morgan fingerprint density at radius 3 is 2.43 bits per heavy atom. The van der Waals surface area contributed by atoms with Gasteiger partial charge in [-0.05, 0) is 19.1 Å². The Bertz CT molecular complexity index is 698. The van der Waals surface area contributed by atoms with E-state index in [4.69, 9.17) is 28.3 Å². The van der Waals surface area contributed by atoms with E-state index in [2.05, 4.69) is 15.3 Å². The average molecular weight is 346 g/mol. The summed E-state index contributed by atoms with van der Waals surface area (Å²) in [5.41, 5.74) is 0.693. The summed E-state index contributed by atoms with van der Waals surface area (Å²) < 4.78 is 0. The summed E-state index contributed by atoms with van der Waals surface area (Å²) in [4.78, 5) is 30.9. The first kappa shape index (κ1) is 15.7. The Labute approximate surface area is 133 Å². The Morgan fingerprint density at radius 1 is 1.29 bits per heavy atom. The number of carbonyl (C=O) groups excluding carboxylic acids is 1. The zero-order valence-corrected chi connectivity index (χ0v) is 13.0. The van der Waals surface area contributed by atoms with Gasteiger partial charge < -0.3 is 10.4 Å². The molecule has 0 aliphatic rings. The van der Waals surface area contributed by atoms with Gasteiger partial charge in [-0.3, -0.25) is 4.79 Å². The van der Waals surface area contributed by atoms with Gasteiger partial charge in [0.1, 0.15) is 20.2 Å². The summed E-state index contributed by atoms with van der Waals surface area (Å²) in [5, 5.41) is 12.3. The van der Waals surface area contributed by atoms with Crippen molar-refractivity contribution in [1.29, 1.82) is 0 Å². The second-order valence-electron chi connectivity index (χ2n) is 4.01. The molecule has 0 atom stereocenters. The second-order valence-corrected chi connectivity index (χ2v) is 5.87. The molecule has 9 heteroatoms. The van der Waals surface area contributed by atoms with E-state index in [1.54, 1.807) is 6.92 Å². The molecule has 6 nitrogen and oxygen atoms in total. The first-order chi connectivity index (χ1) is 9.86. The van der Waals surface area contributed by atoms with Crippen molar-refractivity contribution in [2.75, 3.05) is 0 Å². The van der Waals surface area contributed by atoms with Crippen molar-refractivity contribution < 1.29 is 14.7 Å².